The molecule has 17 atom stereocenters. The van der Waals surface area contributed by atoms with Crippen LogP contribution in [0, 0.1) is 99.7 Å². The van der Waals surface area contributed by atoms with E-state index in [-0.39, 0.29) is 91.2 Å². The molecular formula is C71H108ClN17O14. The fourth-order valence-corrected chi connectivity index (χ4v) is 18.4. The highest BCUT2D eigenvalue weighted by Crippen LogP contribution is 2.42. The molecule has 9 saturated heterocycles. The molecule has 5 aliphatic carbocycles. The summed E-state index contributed by atoms with van der Waals surface area (Å²) < 4.78 is 19.0. The number of Topliss-reactive ketones (excluding diaryl/α,β-unsaturated/α-hetero) is 2. The summed E-state index contributed by atoms with van der Waals surface area (Å²) in [5.74, 6) is 5.98. The van der Waals surface area contributed by atoms with Crippen molar-refractivity contribution in [1.82, 2.24) is 60.5 Å². The molecule has 0 spiro atoms. The maximum atomic E-state index is 12.2. The van der Waals surface area contributed by atoms with Crippen molar-refractivity contribution in [2.45, 2.75) is 158 Å². The fraction of sp³-hybridized carbons (Fsp3) is 0.803. The summed E-state index contributed by atoms with van der Waals surface area (Å²) in [5.41, 5.74) is 5.17. The number of fused-ring (bicyclic) bond motifs is 5. The smallest absolute Gasteiger partial charge is 0.409 e. The Hall–Kier alpha value is -7.65. The normalized spacial score (nSPS) is 32.1. The Balaban J connectivity index is 0.000000161. The Morgan fingerprint density at radius 1 is 0.447 bits per heavy atom. The van der Waals surface area contributed by atoms with Crippen molar-refractivity contribution in [3.8, 4) is 18.2 Å². The monoisotopic (exact) mass is 1460 g/mol. The topological polar surface area (TPSA) is 383 Å². The van der Waals surface area contributed by atoms with Crippen LogP contribution in [0.2, 0.25) is 0 Å². The van der Waals surface area contributed by atoms with Crippen LogP contribution in [0.1, 0.15) is 116 Å². The zero-order chi connectivity index (χ0) is 73.1. The first kappa shape index (κ1) is 81.0. The lowest BCUT2D eigenvalue weighted by Gasteiger charge is -2.22. The number of ether oxygens (including phenoxy) is 4. The van der Waals surface area contributed by atoms with Crippen LogP contribution < -0.4 is 27.0 Å². The summed E-state index contributed by atoms with van der Waals surface area (Å²) in [4.78, 5) is 132. The van der Waals surface area contributed by atoms with Crippen molar-refractivity contribution >= 4 is 72.0 Å². The van der Waals surface area contributed by atoms with Crippen molar-refractivity contribution in [3.05, 3.63) is 11.4 Å². The summed E-state index contributed by atoms with van der Waals surface area (Å²) >= 11 is 0. The number of nitrogens with zero attached hydrogens (tertiary/aromatic N) is 12. The number of nitrogens with one attached hydrogen (secondary N) is 4. The van der Waals surface area contributed by atoms with E-state index in [0.29, 0.717) is 161 Å². The second kappa shape index (κ2) is 38.9. The molecule has 32 heteroatoms. The minimum absolute atomic E-state index is 0. The molecule has 0 radical (unpaired) electrons. The van der Waals surface area contributed by atoms with Gasteiger partial charge in [0.05, 0.1) is 72.8 Å². The largest absolute Gasteiger partial charge is 0.453 e. The van der Waals surface area contributed by atoms with Gasteiger partial charge in [0.2, 0.25) is 23.6 Å². The molecule has 0 aromatic rings. The Kier molecular flexibility index (Phi) is 30.6. The van der Waals surface area contributed by atoms with Gasteiger partial charge in [-0.2, -0.15) is 15.8 Å². The maximum Gasteiger partial charge on any atom is 0.409 e. The highest BCUT2D eigenvalue weighted by Gasteiger charge is 2.47. The molecule has 31 nitrogen and oxygen atoms in total. The van der Waals surface area contributed by atoms with Gasteiger partial charge in [-0.3, -0.25) is 38.5 Å². The molecule has 14 aliphatic rings. The third kappa shape index (κ3) is 21.1. The summed E-state index contributed by atoms with van der Waals surface area (Å²) in [6.07, 6.45) is 14.6. The molecule has 9 heterocycles. The maximum absolute atomic E-state index is 12.2. The second-order valence-electron chi connectivity index (χ2n) is 30.0. The van der Waals surface area contributed by atoms with Gasteiger partial charge in [0.25, 0.3) is 0 Å². The second-order valence-corrected chi connectivity index (χ2v) is 30.0. The van der Waals surface area contributed by atoms with E-state index in [1.54, 1.807) is 39.2 Å². The van der Waals surface area contributed by atoms with E-state index >= 15 is 0 Å². The quantitative estimate of drug-likeness (QED) is 0.155. The van der Waals surface area contributed by atoms with E-state index in [9.17, 15) is 47.9 Å². The van der Waals surface area contributed by atoms with Crippen molar-refractivity contribution in [1.29, 1.82) is 15.8 Å². The number of carbonyl (C=O) groups excluding carboxylic acids is 10. The van der Waals surface area contributed by atoms with Gasteiger partial charge in [-0.15, -0.1) is 12.4 Å². The van der Waals surface area contributed by atoms with E-state index < -0.39 is 0 Å². The van der Waals surface area contributed by atoms with E-state index in [1.165, 1.54) is 28.4 Å². The first-order valence-corrected chi connectivity index (χ1v) is 36.9. The van der Waals surface area contributed by atoms with Gasteiger partial charge in [-0.1, -0.05) is 0 Å². The standard InChI is InChI=1S/3C16H24N4O3.C9H13NO3.C7H11N3O.C7H11NO.ClH/c3*1-23-16(22)19-9-11-5-13(6-12(11)10-19)18-8-15(21)20-4-2-3-14(20)7-17;1-13-9(12)10-4-6-2-8(11)3-7(6)5-10;1-9-6-3-2-4-10(6)7(11)5-8;9-7-1-5-3-8-4-6(5)2-7;/h3*11-14,18H,2-6,8-10H2,1H3;6-7H,2-5H2,1H3;6H,2-5,8H2;5-6,8H,1-4H2;1H/t3*11-,12+,13?,14-;;6-;;/m000.0../s1. The predicted octanol–water partition coefficient (Wildman–Crippen LogP) is 2.79. The highest BCUT2D eigenvalue weighted by molar-refractivity contribution is 5.85. The number of methoxy groups -OCH3 is 4. The summed E-state index contributed by atoms with van der Waals surface area (Å²) in [5, 5.41) is 40.5. The average molecular weight is 1460 g/mol. The molecule has 9 aliphatic heterocycles. The minimum atomic E-state index is -0.262. The van der Waals surface area contributed by atoms with E-state index in [0.717, 1.165) is 155 Å². The van der Waals surface area contributed by atoms with Gasteiger partial charge in [0, 0.05) is 129 Å². The zero-order valence-electron chi connectivity index (χ0n) is 60.3. The lowest BCUT2D eigenvalue weighted by molar-refractivity contribution is -0.131. The molecule has 14 rings (SSSR count). The molecule has 7 unspecified atom stereocenters. The van der Waals surface area contributed by atoms with Gasteiger partial charge < -0.3 is 80.2 Å². The molecule has 568 valence electrons. The fourth-order valence-electron chi connectivity index (χ4n) is 18.4. The number of amides is 8. The number of rotatable bonds is 10. The third-order valence-electron chi connectivity index (χ3n) is 23.7. The molecule has 0 bridgehead atoms. The van der Waals surface area contributed by atoms with Crippen LogP contribution in [0.4, 0.5) is 19.2 Å². The first-order valence-electron chi connectivity index (χ1n) is 36.9. The Morgan fingerprint density at radius 3 is 0.990 bits per heavy atom. The molecule has 6 N–H and O–H groups in total. The van der Waals surface area contributed by atoms with Crippen LogP contribution in [0.5, 0.6) is 0 Å². The van der Waals surface area contributed by atoms with E-state index in [2.05, 4.69) is 49.1 Å². The summed E-state index contributed by atoms with van der Waals surface area (Å²) in [7, 11) is 5.64. The SMILES string of the molecule is COC(=O)N1CC2CC(=O)CC2C1.COC(=O)N1C[C@H]2CC(NCC(=O)N3CCC[C@H]3C#N)C[C@H]2C1.COC(=O)N1C[C@H]2CC(NCC(=O)N3CCC[C@H]3C#N)C[C@H]2C1.COC(=O)N1C[C@H]2CC(NCC(=O)N3CCC[C@H]3C#N)C[C@H]2C1.Cl.O=C1CC2CNCC2C1.[C-]#[N+][C@@H]1CCCN1C(=O)CN. The number of nitrogens with two attached hydrogens (primary N) is 1. The number of nitriles is 3. The number of halogens is 1. The Morgan fingerprint density at radius 2 is 0.718 bits per heavy atom. The average Bonchev–Trinajstić information content (AvgIpc) is 1.68. The van der Waals surface area contributed by atoms with Crippen molar-refractivity contribution in [2.24, 2.45) is 64.9 Å². The molecule has 8 amide bonds. The predicted molar refractivity (Wildman–Crippen MR) is 374 cm³/mol. The Bertz CT molecular complexity index is 2870. The van der Waals surface area contributed by atoms with Crippen molar-refractivity contribution < 1.29 is 66.9 Å². The van der Waals surface area contributed by atoms with Gasteiger partial charge in [-0.25, -0.2) is 25.8 Å². The summed E-state index contributed by atoms with van der Waals surface area (Å²) in [6, 6.07) is 6.86. The molecule has 0 aromatic heterocycles. The lowest BCUT2D eigenvalue weighted by Crippen LogP contribution is -2.43. The zero-order valence-corrected chi connectivity index (χ0v) is 61.2. The molecule has 14 fully saturated rings. The summed E-state index contributed by atoms with van der Waals surface area (Å²) in [6.45, 7) is 18.6. The molecule has 5 saturated carbocycles. The van der Waals surface area contributed by atoms with Gasteiger partial charge in [-0.05, 0) is 156 Å². The number of carbonyl (C=O) groups is 10. The first-order chi connectivity index (χ1) is 49.2. The Labute approximate surface area is 611 Å². The number of hydrogen-bond acceptors (Lipinski definition) is 22. The van der Waals surface area contributed by atoms with Crippen LogP contribution in [-0.4, -0.2) is 287 Å². The van der Waals surface area contributed by atoms with Crippen LogP contribution in [0.25, 0.3) is 4.85 Å². The van der Waals surface area contributed by atoms with Crippen LogP contribution in [0.15, 0.2) is 0 Å². The highest BCUT2D eigenvalue weighted by atomic mass is 35.5. The van der Waals surface area contributed by atoms with Crippen LogP contribution in [0.3, 0.4) is 0 Å². The van der Waals surface area contributed by atoms with Gasteiger partial charge in [0.15, 0.2) is 0 Å². The minimum Gasteiger partial charge on any atom is -0.453 e. The van der Waals surface area contributed by atoms with Crippen molar-refractivity contribution in [2.75, 3.05) is 146 Å². The van der Waals surface area contributed by atoms with E-state index in [1.807, 2.05) is 0 Å². The molecule has 0 aromatic carbocycles. The third-order valence-corrected chi connectivity index (χ3v) is 23.7. The van der Waals surface area contributed by atoms with Gasteiger partial charge >= 0.3 is 30.5 Å². The number of hydrogen-bond donors (Lipinski definition) is 5. The van der Waals surface area contributed by atoms with Crippen LogP contribution in [-0.2, 0) is 47.7 Å². The number of ketones is 2. The molecular weight excluding hydrogens is 1350 g/mol. The van der Waals surface area contributed by atoms with E-state index in [4.69, 9.17) is 42.3 Å². The van der Waals surface area contributed by atoms with Crippen LogP contribution >= 0.6 is 12.4 Å². The lowest BCUT2D eigenvalue weighted by atomic mass is 10.0. The number of likely N-dealkylation sites (tertiary alicyclic amines) is 8. The van der Waals surface area contributed by atoms with Crippen molar-refractivity contribution in [3.63, 3.8) is 0 Å². The molecule has 103 heavy (non-hydrogen) atoms. The van der Waals surface area contributed by atoms with Gasteiger partial charge in [0.1, 0.15) is 29.7 Å².